The van der Waals surface area contributed by atoms with Crippen LogP contribution in [0.5, 0.6) is 0 Å². The average Bonchev–Trinajstić information content (AvgIpc) is 3.26. The van der Waals surface area contributed by atoms with E-state index >= 15 is 0 Å². The molecule has 0 radical (unpaired) electrons. The highest BCUT2D eigenvalue weighted by Gasteiger charge is 2.48. The maximum atomic E-state index is 12.6. The van der Waals surface area contributed by atoms with Gasteiger partial charge in [-0.15, -0.1) is 0 Å². The van der Waals surface area contributed by atoms with Gasteiger partial charge >= 0.3 is 0 Å². The van der Waals surface area contributed by atoms with Crippen molar-refractivity contribution in [1.82, 2.24) is 0 Å². The Kier molecular flexibility index (Phi) is 14.8. The first-order valence-corrected chi connectivity index (χ1v) is 15.8. The minimum absolute atomic E-state index is 0.0266. The van der Waals surface area contributed by atoms with Crippen LogP contribution in [0.1, 0.15) is 134 Å². The van der Waals surface area contributed by atoms with Crippen molar-refractivity contribution in [2.75, 3.05) is 13.2 Å². The molecule has 2 heterocycles. The predicted octanol–water partition coefficient (Wildman–Crippen LogP) is 8.93. The lowest BCUT2D eigenvalue weighted by atomic mass is 9.87. The van der Waals surface area contributed by atoms with Crippen molar-refractivity contribution in [3.63, 3.8) is 0 Å². The Morgan fingerprint density at radius 2 is 1.15 bits per heavy atom. The zero-order valence-electron chi connectivity index (χ0n) is 27.8. The largest absolute Gasteiger partial charge is 0.487 e. The number of hydrogen-bond acceptors (Lipinski definition) is 6. The van der Waals surface area contributed by atoms with E-state index in [9.17, 15) is 9.59 Å². The molecular formula is C34H60O6. The van der Waals surface area contributed by atoms with Crippen LogP contribution in [0.15, 0.2) is 23.0 Å². The first kappa shape index (κ1) is 36.0. The van der Waals surface area contributed by atoms with E-state index in [2.05, 4.69) is 55.4 Å². The number of carbonyl (C=O) groups excluding carboxylic acids is 2. The van der Waals surface area contributed by atoms with Gasteiger partial charge < -0.3 is 18.9 Å². The molecule has 232 valence electrons. The van der Waals surface area contributed by atoms with E-state index in [-0.39, 0.29) is 11.6 Å². The third kappa shape index (κ3) is 10.4. The first-order chi connectivity index (χ1) is 18.6. The van der Waals surface area contributed by atoms with Crippen LogP contribution in [-0.2, 0) is 28.5 Å². The minimum atomic E-state index is -0.719. The molecule has 0 fully saturated rings. The monoisotopic (exact) mass is 564 g/mol. The smallest absolute Gasteiger partial charge is 0.244 e. The molecule has 0 bridgehead atoms. The van der Waals surface area contributed by atoms with Crippen LogP contribution in [0, 0.1) is 23.7 Å². The first-order valence-electron chi connectivity index (χ1n) is 15.8. The zero-order valence-corrected chi connectivity index (χ0v) is 27.8. The summed E-state index contributed by atoms with van der Waals surface area (Å²) in [7, 11) is 0. The van der Waals surface area contributed by atoms with Gasteiger partial charge in [-0.05, 0) is 82.5 Å². The van der Waals surface area contributed by atoms with Gasteiger partial charge in [-0.1, -0.05) is 69.2 Å². The van der Waals surface area contributed by atoms with Crippen LogP contribution in [-0.4, -0.2) is 36.0 Å². The van der Waals surface area contributed by atoms with Crippen LogP contribution in [0.4, 0.5) is 0 Å². The highest BCUT2D eigenvalue weighted by atomic mass is 16.6. The van der Waals surface area contributed by atoms with E-state index in [1.54, 1.807) is 0 Å². The molecule has 0 aromatic carbocycles. The van der Waals surface area contributed by atoms with Crippen LogP contribution in [0.3, 0.4) is 0 Å². The van der Waals surface area contributed by atoms with Crippen molar-refractivity contribution in [2.24, 2.45) is 23.7 Å². The summed E-state index contributed by atoms with van der Waals surface area (Å²) in [5.41, 5.74) is -1.40. The molecular weight excluding hydrogens is 504 g/mol. The van der Waals surface area contributed by atoms with Gasteiger partial charge in [0.15, 0.2) is 11.2 Å². The molecule has 2 aliphatic heterocycles. The third-order valence-corrected chi connectivity index (χ3v) is 7.68. The Morgan fingerprint density at radius 1 is 0.675 bits per heavy atom. The quantitative estimate of drug-likeness (QED) is 0.186. The molecule has 2 aliphatic rings. The fourth-order valence-electron chi connectivity index (χ4n) is 4.65. The molecule has 0 N–H and O–H groups in total. The van der Waals surface area contributed by atoms with Crippen molar-refractivity contribution in [3.8, 4) is 0 Å². The maximum absolute atomic E-state index is 12.6. The number of rotatable bonds is 16. The fourth-order valence-corrected chi connectivity index (χ4v) is 4.65. The summed E-state index contributed by atoms with van der Waals surface area (Å²) in [6.07, 6.45) is 6.82. The topological polar surface area (TPSA) is 71.1 Å². The van der Waals surface area contributed by atoms with Crippen molar-refractivity contribution >= 4 is 11.6 Å². The highest BCUT2D eigenvalue weighted by molar-refractivity contribution is 6.03. The van der Waals surface area contributed by atoms with Gasteiger partial charge in [0.1, 0.15) is 11.5 Å². The second-order valence-corrected chi connectivity index (χ2v) is 13.4. The zero-order chi connectivity index (χ0) is 30.7. The number of carbonyl (C=O) groups is 2. The second-order valence-electron chi connectivity index (χ2n) is 13.4. The van der Waals surface area contributed by atoms with Crippen molar-refractivity contribution in [3.05, 3.63) is 23.0 Å². The summed E-state index contributed by atoms with van der Waals surface area (Å²) in [6.45, 7) is 26.2. The molecule has 6 heteroatoms. The molecule has 2 atom stereocenters. The standard InChI is InChI=1S/2C17H30O3/c1-7-14-15(19-11-9-13(4)5)16(18)17(6,20-14)10-8-12(2)3;1-7-17(10-8-12(2)3)16(18)15(14(6)20-17)19-11-9-13(4)5/h2*12-13H,7-11H2,1-6H3. The Balaban J connectivity index is 0.000000400. The molecule has 0 amide bonds. The van der Waals surface area contributed by atoms with Gasteiger partial charge in [-0.3, -0.25) is 9.59 Å². The Morgan fingerprint density at radius 3 is 1.60 bits per heavy atom. The van der Waals surface area contributed by atoms with E-state index < -0.39 is 11.2 Å². The van der Waals surface area contributed by atoms with Gasteiger partial charge in [0.05, 0.1) is 13.2 Å². The fraction of sp³-hybridized carbons (Fsp3) is 0.824. The lowest BCUT2D eigenvalue weighted by molar-refractivity contribution is -0.134. The lowest BCUT2D eigenvalue weighted by Crippen LogP contribution is -2.37. The molecule has 0 aromatic heterocycles. The van der Waals surface area contributed by atoms with Gasteiger partial charge in [-0.25, -0.2) is 0 Å². The Hall–Kier alpha value is -1.98. The Bertz CT molecular complexity index is 881. The lowest BCUT2D eigenvalue weighted by Gasteiger charge is -2.27. The van der Waals surface area contributed by atoms with E-state index in [1.165, 1.54) is 0 Å². The number of allylic oxidation sites excluding steroid dienone is 2. The van der Waals surface area contributed by atoms with Gasteiger partial charge in [-0.2, -0.15) is 0 Å². The van der Waals surface area contributed by atoms with Crippen LogP contribution in [0.25, 0.3) is 0 Å². The normalized spacial score (nSPS) is 22.9. The summed E-state index contributed by atoms with van der Waals surface area (Å²) in [4.78, 5) is 25.2. The Labute approximate surface area is 245 Å². The highest BCUT2D eigenvalue weighted by Crippen LogP contribution is 2.39. The summed E-state index contributed by atoms with van der Waals surface area (Å²) in [5, 5.41) is 0. The van der Waals surface area contributed by atoms with Gasteiger partial charge in [0.2, 0.25) is 23.1 Å². The second kappa shape index (κ2) is 16.5. The van der Waals surface area contributed by atoms with Crippen molar-refractivity contribution in [2.45, 2.75) is 146 Å². The van der Waals surface area contributed by atoms with E-state index in [0.29, 0.717) is 67.0 Å². The molecule has 0 saturated heterocycles. The summed E-state index contributed by atoms with van der Waals surface area (Å²) >= 11 is 0. The molecule has 0 spiro atoms. The van der Waals surface area contributed by atoms with Gasteiger partial charge in [0, 0.05) is 6.42 Å². The van der Waals surface area contributed by atoms with Crippen LogP contribution < -0.4 is 0 Å². The van der Waals surface area contributed by atoms with Crippen LogP contribution >= 0.6 is 0 Å². The number of ether oxygens (including phenoxy) is 4. The molecule has 40 heavy (non-hydrogen) atoms. The molecule has 6 nitrogen and oxygen atoms in total. The number of hydrogen-bond donors (Lipinski definition) is 0. The van der Waals surface area contributed by atoms with E-state index in [4.69, 9.17) is 18.9 Å². The van der Waals surface area contributed by atoms with E-state index in [1.807, 2.05) is 27.7 Å². The number of ketones is 2. The third-order valence-electron chi connectivity index (χ3n) is 7.68. The molecule has 2 unspecified atom stereocenters. The summed E-state index contributed by atoms with van der Waals surface area (Å²) in [5.74, 6) is 4.67. The van der Waals surface area contributed by atoms with Crippen LogP contribution in [0.2, 0.25) is 0 Å². The molecule has 0 aliphatic carbocycles. The van der Waals surface area contributed by atoms with Crippen molar-refractivity contribution in [1.29, 1.82) is 0 Å². The SMILES string of the molecule is CCC1(CCC(C)C)OC(C)=C(OCCC(C)C)C1=O.CCC1=C(OCCC(C)C)C(=O)C(C)(CCC(C)C)O1. The van der Waals surface area contributed by atoms with Gasteiger partial charge in [0.25, 0.3) is 0 Å². The average molecular weight is 565 g/mol. The van der Waals surface area contributed by atoms with Crippen molar-refractivity contribution < 1.29 is 28.5 Å². The summed E-state index contributed by atoms with van der Waals surface area (Å²) in [6, 6.07) is 0. The minimum Gasteiger partial charge on any atom is -0.487 e. The number of Topliss-reactive ketones (excluding diaryl/α,β-unsaturated/α-hetero) is 2. The maximum Gasteiger partial charge on any atom is 0.244 e. The predicted molar refractivity (Wildman–Crippen MR) is 163 cm³/mol. The molecule has 0 aromatic rings. The molecule has 2 rings (SSSR count). The van der Waals surface area contributed by atoms with E-state index in [0.717, 1.165) is 44.3 Å². The summed E-state index contributed by atoms with van der Waals surface area (Å²) < 4.78 is 23.3. The molecule has 0 saturated carbocycles.